The van der Waals surface area contributed by atoms with Gasteiger partial charge >= 0.3 is 6.18 Å². The minimum atomic E-state index is -4.52. The van der Waals surface area contributed by atoms with Crippen molar-refractivity contribution in [3.8, 4) is 0 Å². The van der Waals surface area contributed by atoms with E-state index < -0.39 is 11.9 Å². The Kier molecular flexibility index (Phi) is 9.53. The summed E-state index contributed by atoms with van der Waals surface area (Å²) in [6.07, 6.45) is -3.47. The lowest BCUT2D eigenvalue weighted by atomic mass is 10.1. The van der Waals surface area contributed by atoms with Gasteiger partial charge in [-0.1, -0.05) is 12.1 Å². The number of rotatable bonds is 6. The van der Waals surface area contributed by atoms with E-state index in [9.17, 15) is 17.6 Å². The van der Waals surface area contributed by atoms with Gasteiger partial charge in [0.1, 0.15) is 11.5 Å². The average Bonchev–Trinajstić information content (AvgIpc) is 2.65. The van der Waals surface area contributed by atoms with E-state index in [2.05, 4.69) is 30.9 Å². The van der Waals surface area contributed by atoms with Crippen molar-refractivity contribution < 1.29 is 17.6 Å². The van der Waals surface area contributed by atoms with Crippen LogP contribution in [0.4, 0.5) is 23.5 Å². The summed E-state index contributed by atoms with van der Waals surface area (Å²) >= 11 is 0. The van der Waals surface area contributed by atoms with Crippen LogP contribution in [0.2, 0.25) is 0 Å². The van der Waals surface area contributed by atoms with Gasteiger partial charge in [0.05, 0.1) is 6.04 Å². The molecular weight excluding hydrogens is 503 g/mol. The van der Waals surface area contributed by atoms with Crippen molar-refractivity contribution in [1.29, 1.82) is 0 Å². The summed E-state index contributed by atoms with van der Waals surface area (Å²) in [6, 6.07) is 5.62. The molecule has 1 atom stereocenters. The molecule has 1 aromatic carbocycles. The summed E-state index contributed by atoms with van der Waals surface area (Å²) in [5.74, 6) is 0.0858. The lowest BCUT2D eigenvalue weighted by Crippen LogP contribution is -2.40. The Hall–Kier alpha value is -2.18. The molecular formula is C18H23F4IN6. The number of anilines is 1. The number of nitrogens with zero attached hydrogens (tertiary/aromatic N) is 3. The van der Waals surface area contributed by atoms with Crippen LogP contribution in [0, 0.1) is 12.7 Å². The third-order valence-electron chi connectivity index (χ3n) is 3.92. The minimum absolute atomic E-state index is 0. The van der Waals surface area contributed by atoms with Crippen molar-refractivity contribution in [2.75, 3.05) is 25.5 Å². The first-order chi connectivity index (χ1) is 13.2. The second-order valence-corrected chi connectivity index (χ2v) is 6.06. The zero-order chi connectivity index (χ0) is 20.7. The highest BCUT2D eigenvalue weighted by Crippen LogP contribution is 2.27. The van der Waals surface area contributed by atoms with Crippen molar-refractivity contribution >= 4 is 35.9 Å². The zero-order valence-electron chi connectivity index (χ0n) is 16.1. The molecule has 0 aliphatic carbocycles. The third kappa shape index (κ3) is 7.63. The van der Waals surface area contributed by atoms with Gasteiger partial charge in [0.2, 0.25) is 5.95 Å². The molecule has 3 N–H and O–H groups in total. The Morgan fingerprint density at radius 2 is 1.93 bits per heavy atom. The lowest BCUT2D eigenvalue weighted by Gasteiger charge is -2.19. The van der Waals surface area contributed by atoms with Crippen LogP contribution in [-0.2, 0) is 6.18 Å². The molecule has 29 heavy (non-hydrogen) atoms. The van der Waals surface area contributed by atoms with E-state index in [1.54, 1.807) is 20.0 Å². The third-order valence-corrected chi connectivity index (χ3v) is 3.92. The quantitative estimate of drug-likeness (QED) is 0.175. The van der Waals surface area contributed by atoms with E-state index >= 15 is 0 Å². The van der Waals surface area contributed by atoms with Crippen LogP contribution in [0.5, 0.6) is 0 Å². The van der Waals surface area contributed by atoms with Crippen molar-refractivity contribution in [3.63, 3.8) is 0 Å². The lowest BCUT2D eigenvalue weighted by molar-refractivity contribution is -0.141. The van der Waals surface area contributed by atoms with E-state index in [1.165, 1.54) is 6.07 Å². The SMILES string of the molecule is CN=C(NCCNc1nccc(C(F)(F)F)n1)NC(C)c1ccc(C)c(F)c1.I. The Morgan fingerprint density at radius 3 is 2.55 bits per heavy atom. The van der Waals surface area contributed by atoms with Crippen LogP contribution in [0.25, 0.3) is 0 Å². The fourth-order valence-corrected chi connectivity index (χ4v) is 2.32. The highest BCUT2D eigenvalue weighted by Gasteiger charge is 2.32. The summed E-state index contributed by atoms with van der Waals surface area (Å²) in [5, 5.41) is 8.86. The minimum Gasteiger partial charge on any atom is -0.355 e. The highest BCUT2D eigenvalue weighted by molar-refractivity contribution is 14.0. The van der Waals surface area contributed by atoms with E-state index in [-0.39, 0.29) is 48.3 Å². The van der Waals surface area contributed by atoms with Gasteiger partial charge in [-0.2, -0.15) is 13.2 Å². The van der Waals surface area contributed by atoms with Gasteiger partial charge in [-0.3, -0.25) is 4.99 Å². The first kappa shape index (κ1) is 24.9. The molecule has 1 heterocycles. The van der Waals surface area contributed by atoms with Crippen molar-refractivity contribution in [2.24, 2.45) is 4.99 Å². The van der Waals surface area contributed by atoms with Gasteiger partial charge in [0.25, 0.3) is 0 Å². The predicted octanol–water partition coefficient (Wildman–Crippen LogP) is 3.90. The number of aromatic nitrogens is 2. The Labute approximate surface area is 183 Å². The molecule has 0 amide bonds. The number of hydrogen-bond donors (Lipinski definition) is 3. The molecule has 160 valence electrons. The first-order valence-corrected chi connectivity index (χ1v) is 8.58. The van der Waals surface area contributed by atoms with Gasteiger partial charge in [-0.15, -0.1) is 24.0 Å². The van der Waals surface area contributed by atoms with Crippen LogP contribution in [-0.4, -0.2) is 36.1 Å². The van der Waals surface area contributed by atoms with Crippen molar-refractivity contribution in [2.45, 2.75) is 26.1 Å². The number of benzene rings is 1. The molecule has 1 aromatic heterocycles. The molecule has 0 saturated carbocycles. The number of nitrogens with one attached hydrogen (secondary N) is 3. The first-order valence-electron chi connectivity index (χ1n) is 8.58. The fraction of sp³-hybridized carbons (Fsp3) is 0.389. The molecule has 2 aromatic rings. The van der Waals surface area contributed by atoms with Gasteiger partial charge in [-0.25, -0.2) is 14.4 Å². The van der Waals surface area contributed by atoms with Crippen molar-refractivity contribution in [1.82, 2.24) is 20.6 Å². The molecule has 0 saturated heterocycles. The molecule has 0 aliphatic heterocycles. The molecule has 0 bridgehead atoms. The van der Waals surface area contributed by atoms with E-state index in [0.717, 1.165) is 17.8 Å². The molecule has 1 unspecified atom stereocenters. The van der Waals surface area contributed by atoms with Crippen LogP contribution < -0.4 is 16.0 Å². The number of hydrogen-bond acceptors (Lipinski definition) is 4. The second kappa shape index (κ2) is 11.1. The monoisotopic (exact) mass is 526 g/mol. The standard InChI is InChI=1S/C18H22F4N6.HI/c1-11-4-5-13(10-14(11)19)12(2)27-16(23-3)25-8-9-26-17-24-7-6-15(28-17)18(20,21)22;/h4-7,10,12H,8-9H2,1-3H3,(H2,23,25,27)(H,24,26,28);1H. The maximum atomic E-state index is 13.7. The summed E-state index contributed by atoms with van der Waals surface area (Å²) in [7, 11) is 1.58. The van der Waals surface area contributed by atoms with Gasteiger partial charge in [0.15, 0.2) is 5.96 Å². The van der Waals surface area contributed by atoms with E-state index in [4.69, 9.17) is 0 Å². The van der Waals surface area contributed by atoms with Gasteiger partial charge in [-0.05, 0) is 37.1 Å². The number of guanidine groups is 1. The Balaban J connectivity index is 0.00000420. The number of aryl methyl sites for hydroxylation is 1. The van der Waals surface area contributed by atoms with E-state index in [0.29, 0.717) is 18.1 Å². The smallest absolute Gasteiger partial charge is 0.355 e. The van der Waals surface area contributed by atoms with Gasteiger partial charge < -0.3 is 16.0 Å². The Bertz CT molecular complexity index is 828. The molecule has 0 fully saturated rings. The highest BCUT2D eigenvalue weighted by atomic mass is 127. The average molecular weight is 526 g/mol. The molecule has 6 nitrogen and oxygen atoms in total. The maximum absolute atomic E-state index is 13.7. The summed E-state index contributed by atoms with van der Waals surface area (Å²) in [6.45, 7) is 4.19. The Morgan fingerprint density at radius 1 is 1.21 bits per heavy atom. The second-order valence-electron chi connectivity index (χ2n) is 6.06. The normalized spacial score (nSPS) is 12.7. The fourth-order valence-electron chi connectivity index (χ4n) is 2.32. The molecule has 2 rings (SSSR count). The molecule has 0 spiro atoms. The predicted molar refractivity (Wildman–Crippen MR) is 115 cm³/mol. The van der Waals surface area contributed by atoms with Gasteiger partial charge in [0, 0.05) is 26.3 Å². The topological polar surface area (TPSA) is 74.2 Å². The summed E-state index contributed by atoms with van der Waals surface area (Å²) in [5.41, 5.74) is 0.331. The number of halogens is 5. The summed E-state index contributed by atoms with van der Waals surface area (Å²) < 4.78 is 51.6. The number of alkyl halides is 3. The molecule has 0 radical (unpaired) electrons. The van der Waals surface area contributed by atoms with Crippen LogP contribution in [0.15, 0.2) is 35.5 Å². The maximum Gasteiger partial charge on any atom is 0.433 e. The van der Waals surface area contributed by atoms with Crippen LogP contribution in [0.1, 0.15) is 29.8 Å². The molecule has 0 aliphatic rings. The van der Waals surface area contributed by atoms with E-state index in [1.807, 2.05) is 13.0 Å². The van der Waals surface area contributed by atoms with Crippen LogP contribution in [0.3, 0.4) is 0 Å². The zero-order valence-corrected chi connectivity index (χ0v) is 18.5. The largest absolute Gasteiger partial charge is 0.433 e. The summed E-state index contributed by atoms with van der Waals surface area (Å²) in [4.78, 5) is 11.3. The van der Waals surface area contributed by atoms with Crippen molar-refractivity contribution in [3.05, 3.63) is 53.1 Å². The molecule has 11 heteroatoms. The van der Waals surface area contributed by atoms with Crippen LogP contribution >= 0.6 is 24.0 Å². The number of aliphatic imine (C=N–C) groups is 1.